The van der Waals surface area contributed by atoms with Crippen LogP contribution in [0.3, 0.4) is 0 Å². The van der Waals surface area contributed by atoms with Crippen molar-refractivity contribution in [2.45, 2.75) is 42.8 Å². The van der Waals surface area contributed by atoms with Crippen molar-refractivity contribution in [3.63, 3.8) is 0 Å². The monoisotopic (exact) mass is 1300 g/mol. The zero-order valence-corrected chi connectivity index (χ0v) is 44.1. The number of hydrogen-bond donors (Lipinski definition) is 2. The molecule has 0 radical (unpaired) electrons. The van der Waals surface area contributed by atoms with Gasteiger partial charge in [0, 0.05) is 52.3 Å². The van der Waals surface area contributed by atoms with Crippen molar-refractivity contribution in [3.8, 4) is 21.4 Å². The number of hydrogen-bond acceptors (Lipinski definition) is 23. The Morgan fingerprint density at radius 3 is 1.42 bits per heavy atom. The highest BCUT2D eigenvalue weighted by molar-refractivity contribution is 9.08. The fourth-order valence-corrected chi connectivity index (χ4v) is 7.78. The Balaban J connectivity index is 0.000000183. The third kappa shape index (κ3) is 19.8. The minimum Gasteiger partial charge on any atom is -0.368 e. The normalized spacial score (nSPS) is 11.6. The Morgan fingerprint density at radius 1 is 0.542 bits per heavy atom. The van der Waals surface area contributed by atoms with E-state index < -0.39 is 59.4 Å². The molecule has 0 aliphatic rings. The van der Waals surface area contributed by atoms with Gasteiger partial charge in [0.2, 0.25) is 29.5 Å². The quantitative estimate of drug-likeness (QED) is 0.100. The molecule has 10 aromatic heterocycles. The smallest absolute Gasteiger partial charge is 0.368 e. The van der Waals surface area contributed by atoms with Gasteiger partial charge in [0.05, 0.1) is 51.6 Å². The van der Waals surface area contributed by atoms with Crippen LogP contribution in [0, 0.1) is 0 Å². The predicted molar refractivity (Wildman–Crippen MR) is 264 cm³/mol. The van der Waals surface area contributed by atoms with E-state index in [1.165, 1.54) is 53.2 Å². The summed E-state index contributed by atoms with van der Waals surface area (Å²) in [6.45, 7) is -0.0470. The Morgan fingerprint density at radius 2 is 0.988 bits per heavy atom. The van der Waals surface area contributed by atoms with Crippen molar-refractivity contribution in [1.82, 2.24) is 80.8 Å². The summed E-state index contributed by atoms with van der Waals surface area (Å²) >= 11 is 10.8. The number of alkyl halides is 16. The summed E-state index contributed by atoms with van der Waals surface area (Å²) in [5, 5.41) is 29.7. The second-order valence-electron chi connectivity index (χ2n) is 14.8. The molecule has 0 atom stereocenters. The van der Waals surface area contributed by atoms with Gasteiger partial charge in [-0.1, -0.05) is 37.8 Å². The summed E-state index contributed by atoms with van der Waals surface area (Å²) in [7, 11) is 0. The van der Waals surface area contributed by atoms with E-state index in [4.69, 9.17) is 17.3 Å². The molecule has 10 aromatic rings. The molecule has 10 rings (SSSR count). The van der Waals surface area contributed by atoms with Gasteiger partial charge in [-0.2, -0.15) is 91.1 Å². The van der Waals surface area contributed by atoms with Gasteiger partial charge in [-0.25, -0.2) is 29.9 Å². The molecule has 40 heteroatoms. The van der Waals surface area contributed by atoms with Crippen LogP contribution in [0.15, 0.2) is 125 Å². The second kappa shape index (κ2) is 27.8. The Hall–Kier alpha value is -8.72. The number of nitrogen functional groups attached to an aromatic ring is 1. The molecule has 436 valence electrons. The third-order valence-corrected chi connectivity index (χ3v) is 12.2. The number of thiophene rings is 2. The summed E-state index contributed by atoms with van der Waals surface area (Å²) < 4.78 is 195. The van der Waals surface area contributed by atoms with E-state index in [9.17, 15) is 65.9 Å². The van der Waals surface area contributed by atoms with E-state index >= 15 is 0 Å². The molecule has 0 amide bonds. The average Bonchev–Trinajstić information content (AvgIpc) is 4.53. The second-order valence-corrected chi connectivity index (χ2v) is 18.1. The van der Waals surface area contributed by atoms with E-state index in [1.54, 1.807) is 42.7 Å². The van der Waals surface area contributed by atoms with Crippen molar-refractivity contribution >= 4 is 79.7 Å². The highest BCUT2D eigenvalue weighted by Gasteiger charge is 2.40. The summed E-state index contributed by atoms with van der Waals surface area (Å²) in [4.78, 5) is 33.2. The molecule has 0 spiro atoms. The van der Waals surface area contributed by atoms with Gasteiger partial charge in [0.1, 0.15) is 0 Å². The molecule has 3 N–H and O–H groups in total. The molecule has 83 heavy (non-hydrogen) atoms. The van der Waals surface area contributed by atoms with Crippen LogP contribution in [0.2, 0.25) is 5.15 Å². The molecule has 10 heterocycles. The molecule has 0 fully saturated rings. The highest BCUT2D eigenvalue weighted by Crippen LogP contribution is 2.37. The fraction of sp³-hybridized carbons (Fsp3) is 0.163. The average molecular weight is 1310 g/mol. The molecular weight excluding hydrogens is 1280 g/mol. The van der Waals surface area contributed by atoms with Crippen LogP contribution in [-0.2, 0) is 42.8 Å². The first-order valence-electron chi connectivity index (χ1n) is 21.6. The van der Waals surface area contributed by atoms with Crippen molar-refractivity contribution in [2.75, 3.05) is 16.0 Å². The first-order chi connectivity index (χ1) is 39.1. The molecule has 0 unspecified atom stereocenters. The minimum absolute atomic E-state index is 0.0375. The SMILES string of the molecule is FC(F)(F)c1cnnc(Cl)c1.FC(F)(F)c1cnnc(N(Cc2ccc(-c3noc(C(F)(F)F)n3)s2)c2ncccn2)c1.FC(F)(F)c1cnnc(Nc2ncccn2)c1.FC(F)(F)c1nc(-c2ccc(CBr)s2)no1.Nc1ncccn1. The van der Waals surface area contributed by atoms with Crippen molar-refractivity contribution < 1.29 is 74.9 Å². The van der Waals surface area contributed by atoms with Gasteiger partial charge < -0.3 is 20.1 Å². The van der Waals surface area contributed by atoms with Gasteiger partial charge in [0.15, 0.2) is 16.8 Å². The Labute approximate surface area is 473 Å². The zero-order chi connectivity index (χ0) is 60.6. The van der Waals surface area contributed by atoms with Crippen LogP contribution in [0.1, 0.15) is 38.2 Å². The number of nitrogens with two attached hydrogens (primary N) is 1. The lowest BCUT2D eigenvalue weighted by atomic mass is 10.3. The van der Waals surface area contributed by atoms with Gasteiger partial charge in [-0.15, -0.1) is 38.0 Å². The zero-order valence-electron chi connectivity index (χ0n) is 40.1. The third-order valence-electron chi connectivity index (χ3n) is 8.91. The lowest BCUT2D eigenvalue weighted by Crippen LogP contribution is -2.21. The lowest BCUT2D eigenvalue weighted by molar-refractivity contribution is -0.160. The molecule has 0 saturated heterocycles. The van der Waals surface area contributed by atoms with Crippen LogP contribution in [0.5, 0.6) is 0 Å². The standard InChI is InChI=1S/C17H9F6N7OS.C9H6F3N5.C8H4BrF3N2OS.C5H2ClF3N2.C4H5N3/c18-16(19,20)9-6-12(28-26-7-9)30(15-24-4-1-5-25-15)8-10-2-3-11(32-10)13-27-14(31-29-13)17(21,22)23;10-9(11,12)6-4-7(17-15-5-6)16-8-13-2-1-3-14-8;9-3-4-1-2-5(16-4)6-13-7(15-14-6)8(10,11)12;6-4-1-3(2-10-11-4)5(7,8)9;5-4-6-2-1-3-7-4/h1-7H,8H2;1-5H,(H,13,14,16,17);1-2H,3H2;1-2H;1-3H,(H2,5,6,7). The minimum atomic E-state index is -4.78. The van der Waals surface area contributed by atoms with Crippen molar-refractivity contribution in [3.05, 3.63) is 160 Å². The predicted octanol–water partition coefficient (Wildman–Crippen LogP) is 12.7. The Bertz CT molecular complexity index is 3600. The number of rotatable bonds is 9. The fourth-order valence-electron chi connectivity index (χ4n) is 5.38. The molecule has 0 aliphatic heterocycles. The molecule has 0 saturated carbocycles. The molecule has 0 aliphatic carbocycles. The summed E-state index contributed by atoms with van der Waals surface area (Å²) in [6.07, 6.45) is -12.1. The maximum Gasteiger partial charge on any atom is 0.471 e. The van der Waals surface area contributed by atoms with E-state index in [2.05, 4.69) is 111 Å². The summed E-state index contributed by atoms with van der Waals surface area (Å²) in [5.41, 5.74) is 2.35. The van der Waals surface area contributed by atoms with Crippen LogP contribution in [0.25, 0.3) is 21.4 Å². The number of aromatic nitrogens is 16. The molecular formula is C43H26BrClF15N19O2S2. The Kier molecular flexibility index (Phi) is 21.3. The number of nitrogens with one attached hydrogen (secondary N) is 1. The molecule has 0 aromatic carbocycles. The van der Waals surface area contributed by atoms with Gasteiger partial charge >= 0.3 is 42.7 Å². The first-order valence-corrected chi connectivity index (χ1v) is 24.7. The molecule has 21 nitrogen and oxygen atoms in total. The molecule has 0 bridgehead atoms. The van der Waals surface area contributed by atoms with E-state index in [0.29, 0.717) is 45.7 Å². The first kappa shape index (κ1) is 63.5. The van der Waals surface area contributed by atoms with E-state index in [0.717, 1.165) is 28.3 Å². The highest BCUT2D eigenvalue weighted by atomic mass is 79.9. The van der Waals surface area contributed by atoms with Crippen LogP contribution in [-0.4, -0.2) is 80.8 Å². The summed E-state index contributed by atoms with van der Waals surface area (Å²) in [5.74, 6) is -2.82. The summed E-state index contributed by atoms with van der Waals surface area (Å²) in [6, 6.07) is 13.7. The number of nitrogens with zero attached hydrogens (tertiary/aromatic N) is 17. The van der Waals surface area contributed by atoms with Gasteiger partial charge in [-0.05, 0) is 60.7 Å². The van der Waals surface area contributed by atoms with Crippen molar-refractivity contribution in [1.29, 1.82) is 0 Å². The van der Waals surface area contributed by atoms with Gasteiger partial charge in [0.25, 0.3) is 0 Å². The maximum atomic E-state index is 13.1. The number of anilines is 5. The van der Waals surface area contributed by atoms with Crippen LogP contribution in [0.4, 0.5) is 95.3 Å². The van der Waals surface area contributed by atoms with E-state index in [-0.39, 0.29) is 51.8 Å². The maximum absolute atomic E-state index is 13.1. The lowest BCUT2D eigenvalue weighted by Gasteiger charge is -2.21. The van der Waals surface area contributed by atoms with Crippen molar-refractivity contribution in [2.24, 2.45) is 0 Å². The topological polar surface area (TPSA) is 274 Å². The van der Waals surface area contributed by atoms with Crippen LogP contribution >= 0.6 is 50.2 Å². The van der Waals surface area contributed by atoms with Gasteiger partial charge in [-0.3, -0.25) is 4.90 Å². The van der Waals surface area contributed by atoms with Crippen LogP contribution < -0.4 is 16.0 Å². The number of halogens is 17. The largest absolute Gasteiger partial charge is 0.471 e. The van der Waals surface area contributed by atoms with E-state index in [1.807, 2.05) is 0 Å².